The summed E-state index contributed by atoms with van der Waals surface area (Å²) < 4.78 is 29.5. The maximum absolute atomic E-state index is 12.7. The van der Waals surface area contributed by atoms with Gasteiger partial charge in [-0.25, -0.2) is 13.1 Å². The van der Waals surface area contributed by atoms with Crippen molar-refractivity contribution in [1.29, 1.82) is 0 Å². The molecule has 0 spiro atoms. The molecule has 0 aliphatic rings. The number of aryl methyl sites for hydroxylation is 1. The fraction of sp³-hybridized carbons (Fsp3) is 0.0833. The molecule has 0 atom stereocenters. The van der Waals surface area contributed by atoms with Crippen LogP contribution < -0.4 is 4.72 Å². The van der Waals surface area contributed by atoms with Crippen LogP contribution in [0.3, 0.4) is 0 Å². The molecule has 6 nitrogen and oxygen atoms in total. The summed E-state index contributed by atoms with van der Waals surface area (Å²) in [6.07, 6.45) is 1.43. The first-order valence-corrected chi connectivity index (χ1v) is 12.6. The molecule has 9 heteroatoms. The summed E-state index contributed by atoms with van der Waals surface area (Å²) in [7, 11) is -3.97. The van der Waals surface area contributed by atoms with Crippen LogP contribution in [0.15, 0.2) is 76.6 Å². The second-order valence-corrected chi connectivity index (χ2v) is 10.3. The first kappa shape index (κ1) is 23.2. The van der Waals surface area contributed by atoms with Crippen LogP contribution in [0.2, 0.25) is 5.02 Å². The monoisotopic (exact) mass is 543 g/mol. The minimum atomic E-state index is -3.97. The van der Waals surface area contributed by atoms with E-state index in [-0.39, 0.29) is 5.56 Å². The standard InChI is InChI=1S/C24H19BrClN3O3S/c1-16-21-10-8-18(24(30)28-33(31,32)12-11-17-5-3-2-4-6-17)13-23(21)29(27-16)15-19-7-9-20(25)14-22(19)26/h2-14H,15H2,1H3,(H,28,30). The number of sulfonamides is 1. The lowest BCUT2D eigenvalue weighted by Gasteiger charge is -2.08. The van der Waals surface area contributed by atoms with Crippen LogP contribution >= 0.6 is 27.5 Å². The lowest BCUT2D eigenvalue weighted by molar-refractivity contribution is 0.0982. The number of nitrogens with one attached hydrogen (secondary N) is 1. The van der Waals surface area contributed by atoms with Crippen LogP contribution in [0.4, 0.5) is 0 Å². The van der Waals surface area contributed by atoms with Crippen LogP contribution in [0.25, 0.3) is 17.0 Å². The first-order valence-electron chi connectivity index (χ1n) is 9.93. The van der Waals surface area contributed by atoms with Gasteiger partial charge in [-0.2, -0.15) is 5.10 Å². The van der Waals surface area contributed by atoms with Crippen molar-refractivity contribution in [3.63, 3.8) is 0 Å². The highest BCUT2D eigenvalue weighted by Gasteiger charge is 2.16. The van der Waals surface area contributed by atoms with Crippen LogP contribution in [0.5, 0.6) is 0 Å². The Morgan fingerprint density at radius 3 is 2.61 bits per heavy atom. The Morgan fingerprint density at radius 1 is 1.12 bits per heavy atom. The molecule has 1 aromatic heterocycles. The Bertz CT molecular complexity index is 1480. The predicted octanol–water partition coefficient (Wildman–Crippen LogP) is 5.54. The molecule has 0 aliphatic heterocycles. The van der Waals surface area contributed by atoms with Gasteiger partial charge < -0.3 is 0 Å². The number of rotatable bonds is 6. The van der Waals surface area contributed by atoms with Gasteiger partial charge in [0.1, 0.15) is 0 Å². The lowest BCUT2D eigenvalue weighted by atomic mass is 10.1. The van der Waals surface area contributed by atoms with Crippen molar-refractivity contribution < 1.29 is 13.2 Å². The van der Waals surface area contributed by atoms with Crippen molar-refractivity contribution >= 4 is 60.4 Å². The number of carbonyl (C=O) groups is 1. The predicted molar refractivity (Wildman–Crippen MR) is 135 cm³/mol. The van der Waals surface area contributed by atoms with Gasteiger partial charge in [0.15, 0.2) is 0 Å². The van der Waals surface area contributed by atoms with Gasteiger partial charge in [0, 0.05) is 20.4 Å². The van der Waals surface area contributed by atoms with Crippen LogP contribution in [-0.4, -0.2) is 24.1 Å². The fourth-order valence-corrected chi connectivity index (χ4v) is 4.88. The molecule has 1 amide bonds. The SMILES string of the molecule is Cc1nn(Cc2ccc(Br)cc2Cl)c2cc(C(=O)NS(=O)(=O)C=Cc3ccccc3)ccc12. The highest BCUT2D eigenvalue weighted by molar-refractivity contribution is 9.10. The van der Waals surface area contributed by atoms with E-state index in [4.69, 9.17) is 11.6 Å². The van der Waals surface area contributed by atoms with Gasteiger partial charge in [-0.15, -0.1) is 0 Å². The summed E-state index contributed by atoms with van der Waals surface area (Å²) in [5.41, 5.74) is 3.29. The molecule has 33 heavy (non-hydrogen) atoms. The van der Waals surface area contributed by atoms with Gasteiger partial charge >= 0.3 is 0 Å². The second-order valence-electron chi connectivity index (χ2n) is 7.40. The quantitative estimate of drug-likeness (QED) is 0.346. The molecule has 0 fully saturated rings. The Balaban J connectivity index is 1.60. The summed E-state index contributed by atoms with van der Waals surface area (Å²) in [5, 5.41) is 7.01. The van der Waals surface area contributed by atoms with Crippen molar-refractivity contribution in [3.8, 4) is 0 Å². The van der Waals surface area contributed by atoms with Crippen molar-refractivity contribution in [2.24, 2.45) is 0 Å². The topological polar surface area (TPSA) is 81.1 Å². The van der Waals surface area contributed by atoms with Gasteiger partial charge in [-0.05, 0) is 48.4 Å². The highest BCUT2D eigenvalue weighted by atomic mass is 79.9. The maximum atomic E-state index is 12.7. The van der Waals surface area contributed by atoms with Crippen molar-refractivity contribution in [3.05, 3.63) is 104 Å². The maximum Gasteiger partial charge on any atom is 0.265 e. The van der Waals surface area contributed by atoms with Crippen molar-refractivity contribution in [2.45, 2.75) is 13.5 Å². The van der Waals surface area contributed by atoms with Crippen LogP contribution in [-0.2, 0) is 16.6 Å². The number of nitrogens with zero attached hydrogens (tertiary/aromatic N) is 2. The lowest BCUT2D eigenvalue weighted by Crippen LogP contribution is -2.28. The molecule has 4 rings (SSSR count). The minimum Gasteiger partial charge on any atom is -0.268 e. The van der Waals surface area contributed by atoms with Gasteiger partial charge in [0.2, 0.25) is 0 Å². The molecule has 3 aromatic carbocycles. The molecule has 0 saturated heterocycles. The third-order valence-corrected chi connectivity index (χ3v) is 6.82. The number of benzene rings is 3. The summed E-state index contributed by atoms with van der Waals surface area (Å²) >= 11 is 9.75. The first-order chi connectivity index (χ1) is 15.7. The zero-order chi connectivity index (χ0) is 23.6. The van der Waals surface area contributed by atoms with E-state index in [1.165, 1.54) is 6.08 Å². The molecule has 0 saturated carbocycles. The van der Waals surface area contributed by atoms with Gasteiger partial charge in [0.25, 0.3) is 15.9 Å². The molecule has 4 aromatic rings. The summed E-state index contributed by atoms with van der Waals surface area (Å²) in [5.74, 6) is -0.721. The van der Waals surface area contributed by atoms with E-state index >= 15 is 0 Å². The molecule has 0 radical (unpaired) electrons. The van der Waals surface area contributed by atoms with Gasteiger partial charge in [-0.1, -0.05) is 70.0 Å². The molecular weight excluding hydrogens is 526 g/mol. The molecule has 168 valence electrons. The van der Waals surface area contributed by atoms with E-state index < -0.39 is 15.9 Å². The summed E-state index contributed by atoms with van der Waals surface area (Å²) in [6.45, 7) is 2.28. The zero-order valence-corrected chi connectivity index (χ0v) is 20.7. The van der Waals surface area contributed by atoms with E-state index in [1.807, 2.05) is 31.2 Å². The minimum absolute atomic E-state index is 0.210. The number of halogens is 2. The van der Waals surface area contributed by atoms with Crippen molar-refractivity contribution in [1.82, 2.24) is 14.5 Å². The molecular formula is C24H19BrClN3O3S. The third kappa shape index (κ3) is 5.52. The second kappa shape index (κ2) is 9.51. The van der Waals surface area contributed by atoms with Gasteiger partial charge in [-0.3, -0.25) is 9.48 Å². The van der Waals surface area contributed by atoms with E-state index in [0.29, 0.717) is 22.6 Å². The Hall–Kier alpha value is -2.94. The van der Waals surface area contributed by atoms with E-state index in [2.05, 4.69) is 25.8 Å². The van der Waals surface area contributed by atoms with Crippen LogP contribution in [0.1, 0.15) is 27.2 Å². The number of hydrogen-bond donors (Lipinski definition) is 1. The number of aromatic nitrogens is 2. The van der Waals surface area contributed by atoms with E-state index in [9.17, 15) is 13.2 Å². The Morgan fingerprint density at radius 2 is 1.88 bits per heavy atom. The molecule has 0 bridgehead atoms. The molecule has 1 N–H and O–H groups in total. The number of carbonyl (C=O) groups excluding carboxylic acids is 1. The zero-order valence-electron chi connectivity index (χ0n) is 17.5. The average Bonchev–Trinajstić information content (AvgIpc) is 3.09. The fourth-order valence-electron chi connectivity index (χ4n) is 3.37. The molecule has 0 unspecified atom stereocenters. The van der Waals surface area contributed by atoms with E-state index in [0.717, 1.165) is 26.5 Å². The smallest absolute Gasteiger partial charge is 0.265 e. The highest BCUT2D eigenvalue weighted by Crippen LogP contribution is 2.25. The summed E-state index contributed by atoms with van der Waals surface area (Å²) in [6, 6.07) is 19.5. The largest absolute Gasteiger partial charge is 0.268 e. The van der Waals surface area contributed by atoms with Crippen molar-refractivity contribution in [2.75, 3.05) is 0 Å². The Kier molecular flexibility index (Phi) is 6.69. The molecule has 1 heterocycles. The van der Waals surface area contributed by atoms with Crippen LogP contribution in [0, 0.1) is 6.92 Å². The number of fused-ring (bicyclic) bond motifs is 1. The normalized spacial score (nSPS) is 11.8. The number of amides is 1. The third-order valence-electron chi connectivity index (χ3n) is 5.01. The number of hydrogen-bond acceptors (Lipinski definition) is 4. The van der Waals surface area contributed by atoms with Gasteiger partial charge in [0.05, 0.1) is 23.2 Å². The average molecular weight is 545 g/mol. The van der Waals surface area contributed by atoms with E-state index in [1.54, 1.807) is 47.1 Å². The molecule has 0 aliphatic carbocycles. The summed E-state index contributed by atoms with van der Waals surface area (Å²) in [4.78, 5) is 12.7. The Labute approximate surface area is 205 Å².